The molecule has 0 aliphatic heterocycles. The van der Waals surface area contributed by atoms with E-state index in [0.717, 1.165) is 11.1 Å². The van der Waals surface area contributed by atoms with Crippen LogP contribution in [-0.4, -0.2) is 28.3 Å². The smallest absolute Gasteiger partial charge is 0.353 e. The van der Waals surface area contributed by atoms with Gasteiger partial charge in [0, 0.05) is 24.4 Å². The molecule has 1 fully saturated rings. The van der Waals surface area contributed by atoms with Crippen molar-refractivity contribution in [2.24, 2.45) is 5.92 Å². The third-order valence-electron chi connectivity index (χ3n) is 4.85. The molecule has 2 atom stereocenters. The van der Waals surface area contributed by atoms with Crippen LogP contribution < -0.4 is 5.32 Å². The maximum absolute atomic E-state index is 12.8. The first-order valence-corrected chi connectivity index (χ1v) is 9.07. The Labute approximate surface area is 155 Å². The lowest BCUT2D eigenvalue weighted by Gasteiger charge is -2.31. The maximum atomic E-state index is 12.8. The quantitative estimate of drug-likeness (QED) is 0.842. The molecule has 0 saturated heterocycles. The summed E-state index contributed by atoms with van der Waals surface area (Å²) in [7, 11) is 0. The molecule has 0 unspecified atom stereocenters. The van der Waals surface area contributed by atoms with Gasteiger partial charge in [-0.25, -0.2) is 0 Å². The number of carbonyl (C=O) groups is 1. The Balaban J connectivity index is 1.49. The van der Waals surface area contributed by atoms with E-state index in [0.29, 0.717) is 24.6 Å². The van der Waals surface area contributed by atoms with Crippen molar-refractivity contribution in [1.29, 1.82) is 0 Å². The molecule has 0 spiro atoms. The van der Waals surface area contributed by atoms with Gasteiger partial charge in [0.2, 0.25) is 17.6 Å². The van der Waals surface area contributed by atoms with Gasteiger partial charge in [-0.15, -0.1) is 0 Å². The average molecular weight is 381 g/mol. The fraction of sp³-hybridized carbons (Fsp3) is 0.526. The number of rotatable bonds is 5. The molecule has 1 amide bonds. The predicted molar refractivity (Wildman–Crippen MR) is 92.7 cm³/mol. The van der Waals surface area contributed by atoms with E-state index in [4.69, 9.17) is 4.52 Å². The molecule has 1 aromatic heterocycles. The molecule has 8 heteroatoms. The molecule has 146 valence electrons. The number of hydrogen-bond acceptors (Lipinski definition) is 4. The lowest BCUT2D eigenvalue weighted by Crippen LogP contribution is -2.41. The highest BCUT2D eigenvalue weighted by Crippen LogP contribution is 2.37. The zero-order chi connectivity index (χ0) is 19.4. The first-order valence-electron chi connectivity index (χ1n) is 9.07. The summed E-state index contributed by atoms with van der Waals surface area (Å²) in [5.74, 6) is -0.842. The highest BCUT2D eigenvalue weighted by molar-refractivity contribution is 5.76. The van der Waals surface area contributed by atoms with Crippen LogP contribution in [0.5, 0.6) is 0 Å². The van der Waals surface area contributed by atoms with E-state index in [9.17, 15) is 18.0 Å². The highest BCUT2D eigenvalue weighted by Gasteiger charge is 2.42. The number of benzene rings is 1. The van der Waals surface area contributed by atoms with Gasteiger partial charge < -0.3 is 9.84 Å². The molecule has 27 heavy (non-hydrogen) atoms. The fourth-order valence-corrected chi connectivity index (χ4v) is 3.31. The van der Waals surface area contributed by atoms with Crippen LogP contribution in [0.25, 0.3) is 11.4 Å². The number of halogens is 3. The highest BCUT2D eigenvalue weighted by atomic mass is 19.4. The summed E-state index contributed by atoms with van der Waals surface area (Å²) in [6.45, 7) is 1.98. The van der Waals surface area contributed by atoms with Crippen LogP contribution in [0.4, 0.5) is 13.2 Å². The van der Waals surface area contributed by atoms with Crippen molar-refractivity contribution in [1.82, 2.24) is 15.5 Å². The second-order valence-corrected chi connectivity index (χ2v) is 7.05. The number of aromatic nitrogens is 2. The van der Waals surface area contributed by atoms with Crippen molar-refractivity contribution in [2.75, 3.05) is 0 Å². The lowest BCUT2D eigenvalue weighted by molar-refractivity contribution is -0.184. The Morgan fingerprint density at radius 3 is 2.70 bits per heavy atom. The molecule has 1 aliphatic rings. The van der Waals surface area contributed by atoms with E-state index in [1.165, 1.54) is 0 Å². The third-order valence-corrected chi connectivity index (χ3v) is 4.85. The van der Waals surface area contributed by atoms with Gasteiger partial charge in [0.1, 0.15) is 0 Å². The minimum atomic E-state index is -4.19. The van der Waals surface area contributed by atoms with E-state index in [-0.39, 0.29) is 31.6 Å². The molecule has 1 aromatic carbocycles. The van der Waals surface area contributed by atoms with Crippen LogP contribution >= 0.6 is 0 Å². The predicted octanol–water partition coefficient (Wildman–Crippen LogP) is 4.21. The summed E-state index contributed by atoms with van der Waals surface area (Å²) in [5.41, 5.74) is 1.94. The number of carbonyl (C=O) groups excluding carboxylic acids is 1. The van der Waals surface area contributed by atoms with Crippen LogP contribution in [0.15, 0.2) is 28.8 Å². The van der Waals surface area contributed by atoms with Crippen LogP contribution in [0.2, 0.25) is 0 Å². The second kappa shape index (κ2) is 8.10. The monoisotopic (exact) mass is 381 g/mol. The van der Waals surface area contributed by atoms with E-state index in [1.54, 1.807) is 0 Å². The molecule has 5 nitrogen and oxygen atoms in total. The third kappa shape index (κ3) is 5.30. The Hall–Kier alpha value is -2.38. The van der Waals surface area contributed by atoms with Crippen molar-refractivity contribution in [3.8, 4) is 11.4 Å². The minimum Gasteiger partial charge on any atom is -0.353 e. The van der Waals surface area contributed by atoms with Gasteiger partial charge in [0.25, 0.3) is 0 Å². The van der Waals surface area contributed by atoms with Gasteiger partial charge in [-0.05, 0) is 26.2 Å². The molecular formula is C19H22F3N3O2. The average Bonchev–Trinajstić information content (AvgIpc) is 3.09. The number of hydrogen-bond donors (Lipinski definition) is 1. The van der Waals surface area contributed by atoms with Crippen LogP contribution in [0.1, 0.15) is 43.6 Å². The first kappa shape index (κ1) is 19.4. The van der Waals surface area contributed by atoms with Crippen LogP contribution in [0.3, 0.4) is 0 Å². The van der Waals surface area contributed by atoms with E-state index in [2.05, 4.69) is 15.5 Å². The molecule has 1 heterocycles. The largest absolute Gasteiger partial charge is 0.391 e. The Kier molecular flexibility index (Phi) is 5.82. The zero-order valence-electron chi connectivity index (χ0n) is 15.1. The van der Waals surface area contributed by atoms with Gasteiger partial charge in [-0.3, -0.25) is 4.79 Å². The summed E-state index contributed by atoms with van der Waals surface area (Å²) in [4.78, 5) is 16.3. The Bertz CT molecular complexity index is 771. The normalized spacial score (nSPS) is 20.4. The number of aryl methyl sites for hydroxylation is 2. The molecular weight excluding hydrogens is 359 g/mol. The number of amides is 1. The van der Waals surface area contributed by atoms with E-state index in [1.807, 2.05) is 31.2 Å². The van der Waals surface area contributed by atoms with E-state index < -0.39 is 18.1 Å². The number of nitrogens with zero attached hydrogens (tertiary/aromatic N) is 2. The Morgan fingerprint density at radius 1 is 1.26 bits per heavy atom. The zero-order valence-corrected chi connectivity index (χ0v) is 15.1. The number of nitrogens with one attached hydrogen (secondary N) is 1. The van der Waals surface area contributed by atoms with Gasteiger partial charge in [0.15, 0.2) is 0 Å². The molecule has 0 radical (unpaired) electrons. The molecule has 2 aromatic rings. The molecule has 0 bridgehead atoms. The van der Waals surface area contributed by atoms with Crippen molar-refractivity contribution >= 4 is 5.91 Å². The molecule has 1 aliphatic carbocycles. The van der Waals surface area contributed by atoms with Gasteiger partial charge in [-0.2, -0.15) is 18.2 Å². The standard InChI is InChI=1S/C19H22F3N3O2/c1-12-5-7-13(8-6-12)18-24-17(27-25-18)10-9-16(26)23-15-4-2-3-14(11-15)19(20,21)22/h5-8,14-15H,2-4,9-11H2,1H3,(H,23,26)/t14-,15+/m1/s1. The summed E-state index contributed by atoms with van der Waals surface area (Å²) in [5, 5.41) is 6.61. The van der Waals surface area contributed by atoms with E-state index >= 15 is 0 Å². The maximum Gasteiger partial charge on any atom is 0.391 e. The number of alkyl halides is 3. The van der Waals surface area contributed by atoms with Crippen LogP contribution in [-0.2, 0) is 11.2 Å². The fourth-order valence-electron chi connectivity index (χ4n) is 3.31. The van der Waals surface area contributed by atoms with Crippen molar-refractivity contribution in [2.45, 2.75) is 57.7 Å². The van der Waals surface area contributed by atoms with Gasteiger partial charge >= 0.3 is 6.18 Å². The van der Waals surface area contributed by atoms with Crippen LogP contribution in [0, 0.1) is 12.8 Å². The van der Waals surface area contributed by atoms with Crippen molar-refractivity contribution in [3.63, 3.8) is 0 Å². The SMILES string of the molecule is Cc1ccc(-c2noc(CCC(=O)N[C@H]3CCC[C@@H](C(F)(F)F)C3)n2)cc1. The summed E-state index contributed by atoms with van der Waals surface area (Å²) >= 11 is 0. The molecule has 1 N–H and O–H groups in total. The second-order valence-electron chi connectivity index (χ2n) is 7.05. The topological polar surface area (TPSA) is 68.0 Å². The van der Waals surface area contributed by atoms with Crippen molar-refractivity contribution < 1.29 is 22.5 Å². The minimum absolute atomic E-state index is 0.0482. The first-order chi connectivity index (χ1) is 12.8. The summed E-state index contributed by atoms with van der Waals surface area (Å²) in [6.07, 6.45) is -2.70. The van der Waals surface area contributed by atoms with Gasteiger partial charge in [0.05, 0.1) is 5.92 Å². The summed E-state index contributed by atoms with van der Waals surface area (Å²) in [6, 6.07) is 7.23. The molecule has 3 rings (SSSR count). The summed E-state index contributed by atoms with van der Waals surface area (Å²) < 4.78 is 43.7. The van der Waals surface area contributed by atoms with Crippen molar-refractivity contribution in [3.05, 3.63) is 35.7 Å². The Morgan fingerprint density at radius 2 is 2.00 bits per heavy atom. The lowest BCUT2D eigenvalue weighted by atomic mass is 9.85. The van der Waals surface area contributed by atoms with Gasteiger partial charge in [-0.1, -0.05) is 41.4 Å². The molecule has 1 saturated carbocycles.